The monoisotopic (exact) mass is 417 g/mol. The van der Waals surface area contributed by atoms with E-state index in [0.717, 1.165) is 38.3 Å². The first kappa shape index (κ1) is 17.6. The van der Waals surface area contributed by atoms with Crippen LogP contribution >= 0.6 is 0 Å². The number of furan rings is 2. The minimum atomic E-state index is 0.845. The summed E-state index contributed by atoms with van der Waals surface area (Å²) in [5, 5.41) is 5.65. The first-order chi connectivity index (χ1) is 15.6. The number of fused-ring (bicyclic) bond motifs is 8. The van der Waals surface area contributed by atoms with Gasteiger partial charge in [-0.25, -0.2) is 4.57 Å². The lowest BCUT2D eigenvalue weighted by atomic mass is 10.0. The number of benzene rings is 4. The van der Waals surface area contributed by atoms with Crippen LogP contribution in [-0.4, -0.2) is 4.57 Å². The molecule has 4 nitrogen and oxygen atoms in total. The molecule has 0 aliphatic carbocycles. The quantitative estimate of drug-likeness (QED) is 0.273. The van der Waals surface area contributed by atoms with Crippen LogP contribution in [0.1, 0.15) is 11.4 Å². The Morgan fingerprint density at radius 1 is 0.812 bits per heavy atom. The number of aromatic nitrogens is 2. The largest absolute Gasteiger partial charge is 0.464 e. The normalized spacial score (nSPS) is 12.2. The van der Waals surface area contributed by atoms with Crippen molar-refractivity contribution in [3.05, 3.63) is 84.4 Å². The molecule has 0 aliphatic rings. The molecule has 0 fully saturated rings. The second-order valence-corrected chi connectivity index (χ2v) is 8.61. The van der Waals surface area contributed by atoms with Crippen molar-refractivity contribution in [3.8, 4) is 5.69 Å². The van der Waals surface area contributed by atoms with Crippen LogP contribution in [0.25, 0.3) is 60.4 Å². The van der Waals surface area contributed by atoms with Crippen molar-refractivity contribution in [2.45, 2.75) is 13.8 Å². The number of hydrogen-bond donors (Lipinski definition) is 0. The summed E-state index contributed by atoms with van der Waals surface area (Å²) >= 11 is 0. The van der Waals surface area contributed by atoms with Gasteiger partial charge in [-0.05, 0) is 54.3 Å². The Morgan fingerprint density at radius 3 is 2.53 bits per heavy atom. The van der Waals surface area contributed by atoms with Crippen molar-refractivity contribution in [1.29, 1.82) is 0 Å². The lowest BCUT2D eigenvalue weighted by Gasteiger charge is -2.04. The molecule has 0 saturated heterocycles. The van der Waals surface area contributed by atoms with Crippen molar-refractivity contribution >= 4 is 54.7 Å². The van der Waals surface area contributed by atoms with E-state index in [0.29, 0.717) is 0 Å². The van der Waals surface area contributed by atoms with Crippen LogP contribution in [0.4, 0.5) is 0 Å². The average molecular weight is 417 g/mol. The van der Waals surface area contributed by atoms with E-state index in [1.54, 1.807) is 6.26 Å². The molecule has 0 N–H and O–H groups in total. The molecule has 0 spiro atoms. The SMILES string of the molecule is Cc1ccccc1-n1c(C)[n+](C)c2c3c(ccc4c5cc6ccoc6cc5oc43)ccc21. The highest BCUT2D eigenvalue weighted by Gasteiger charge is 2.26. The van der Waals surface area contributed by atoms with E-state index in [4.69, 9.17) is 8.83 Å². The Labute approximate surface area is 183 Å². The summed E-state index contributed by atoms with van der Waals surface area (Å²) in [6.07, 6.45) is 1.72. The van der Waals surface area contributed by atoms with E-state index >= 15 is 0 Å². The van der Waals surface area contributed by atoms with Crippen LogP contribution in [0.15, 0.2) is 81.8 Å². The summed E-state index contributed by atoms with van der Waals surface area (Å²) in [7, 11) is 2.14. The fraction of sp³-hybridized carbons (Fsp3) is 0.107. The van der Waals surface area contributed by atoms with E-state index < -0.39 is 0 Å². The van der Waals surface area contributed by atoms with E-state index in [1.807, 2.05) is 12.1 Å². The summed E-state index contributed by atoms with van der Waals surface area (Å²) < 4.78 is 16.7. The number of para-hydroxylation sites is 1. The van der Waals surface area contributed by atoms with E-state index in [2.05, 4.69) is 84.6 Å². The molecule has 0 radical (unpaired) electrons. The zero-order valence-corrected chi connectivity index (χ0v) is 18.1. The van der Waals surface area contributed by atoms with Crippen molar-refractivity contribution in [2.75, 3.05) is 0 Å². The Balaban J connectivity index is 1.68. The molecule has 0 saturated carbocycles. The van der Waals surface area contributed by atoms with Crippen molar-refractivity contribution in [2.24, 2.45) is 7.05 Å². The number of aryl methyl sites for hydroxylation is 2. The fourth-order valence-corrected chi connectivity index (χ4v) is 5.20. The third-order valence-corrected chi connectivity index (χ3v) is 6.89. The zero-order chi connectivity index (χ0) is 21.6. The van der Waals surface area contributed by atoms with Gasteiger partial charge < -0.3 is 8.83 Å². The Hall–Kier alpha value is -4.05. The molecule has 32 heavy (non-hydrogen) atoms. The molecule has 0 aliphatic heterocycles. The summed E-state index contributed by atoms with van der Waals surface area (Å²) in [4.78, 5) is 0. The smallest absolute Gasteiger partial charge is 0.259 e. The minimum absolute atomic E-state index is 0.845. The maximum Gasteiger partial charge on any atom is 0.259 e. The highest BCUT2D eigenvalue weighted by molar-refractivity contribution is 6.22. The van der Waals surface area contributed by atoms with E-state index in [1.165, 1.54) is 33.5 Å². The molecule has 154 valence electrons. The second-order valence-electron chi connectivity index (χ2n) is 8.61. The van der Waals surface area contributed by atoms with Gasteiger partial charge in [0.25, 0.3) is 5.82 Å². The predicted molar refractivity (Wildman–Crippen MR) is 128 cm³/mol. The standard InChI is InChI=1S/C28H21N2O2/c1-16-6-4-5-7-22(16)30-17(2)29(3)27-23(30)11-9-18-8-10-20-21-14-19-12-13-31-24(19)15-25(21)32-28(20)26(18)27/h4-15H,1-3H3/q+1. The maximum atomic E-state index is 6.50. The van der Waals surface area contributed by atoms with Crippen LogP contribution in [0.5, 0.6) is 0 Å². The number of rotatable bonds is 1. The van der Waals surface area contributed by atoms with Crippen molar-refractivity contribution in [1.82, 2.24) is 4.57 Å². The van der Waals surface area contributed by atoms with Gasteiger partial charge >= 0.3 is 0 Å². The Bertz CT molecular complexity index is 1860. The topological polar surface area (TPSA) is 35.1 Å². The van der Waals surface area contributed by atoms with Gasteiger partial charge in [-0.3, -0.25) is 0 Å². The lowest BCUT2D eigenvalue weighted by molar-refractivity contribution is -0.651. The molecule has 0 amide bonds. The minimum Gasteiger partial charge on any atom is -0.464 e. The summed E-state index contributed by atoms with van der Waals surface area (Å²) in [5.74, 6) is 1.17. The highest BCUT2D eigenvalue weighted by Crippen LogP contribution is 2.39. The van der Waals surface area contributed by atoms with Gasteiger partial charge in [-0.15, -0.1) is 0 Å². The second kappa shape index (κ2) is 6.01. The fourth-order valence-electron chi connectivity index (χ4n) is 5.20. The van der Waals surface area contributed by atoms with Gasteiger partial charge in [-0.1, -0.05) is 24.3 Å². The lowest BCUT2D eigenvalue weighted by Crippen LogP contribution is -2.31. The molecule has 4 heteroatoms. The molecule has 0 bridgehead atoms. The third kappa shape index (κ3) is 2.14. The van der Waals surface area contributed by atoms with Crippen LogP contribution < -0.4 is 4.57 Å². The summed E-state index contributed by atoms with van der Waals surface area (Å²) in [6, 6.07) is 23.5. The number of hydrogen-bond acceptors (Lipinski definition) is 2. The average Bonchev–Trinajstić information content (AvgIpc) is 3.47. The van der Waals surface area contributed by atoms with Gasteiger partial charge in [0, 0.05) is 29.1 Å². The molecule has 0 atom stereocenters. The van der Waals surface area contributed by atoms with Crippen LogP contribution in [0.2, 0.25) is 0 Å². The predicted octanol–water partition coefficient (Wildman–Crippen LogP) is 6.87. The van der Waals surface area contributed by atoms with Gasteiger partial charge in [0.05, 0.1) is 18.7 Å². The van der Waals surface area contributed by atoms with Gasteiger partial charge in [0.2, 0.25) is 0 Å². The van der Waals surface area contributed by atoms with Gasteiger partial charge in [0.1, 0.15) is 22.4 Å². The van der Waals surface area contributed by atoms with Crippen molar-refractivity contribution < 1.29 is 13.4 Å². The first-order valence-electron chi connectivity index (χ1n) is 10.8. The highest BCUT2D eigenvalue weighted by atomic mass is 16.3. The molecule has 7 aromatic rings. The van der Waals surface area contributed by atoms with E-state index in [9.17, 15) is 0 Å². The van der Waals surface area contributed by atoms with Crippen LogP contribution in [-0.2, 0) is 7.05 Å². The van der Waals surface area contributed by atoms with Gasteiger partial charge in [0.15, 0.2) is 11.0 Å². The zero-order valence-electron chi connectivity index (χ0n) is 18.1. The molecular weight excluding hydrogens is 396 g/mol. The first-order valence-corrected chi connectivity index (χ1v) is 10.8. The van der Waals surface area contributed by atoms with Crippen molar-refractivity contribution in [3.63, 3.8) is 0 Å². The molecule has 3 aromatic heterocycles. The van der Waals surface area contributed by atoms with E-state index in [-0.39, 0.29) is 0 Å². The molecular formula is C28H21N2O2+. The number of imidazole rings is 1. The molecule has 7 rings (SSSR count). The molecule has 0 unspecified atom stereocenters. The molecule has 3 heterocycles. The summed E-state index contributed by atoms with van der Waals surface area (Å²) in [6.45, 7) is 4.33. The van der Waals surface area contributed by atoms with Crippen LogP contribution in [0, 0.1) is 13.8 Å². The number of nitrogens with zero attached hydrogens (tertiary/aromatic N) is 2. The maximum absolute atomic E-state index is 6.50. The molecule has 4 aromatic carbocycles. The summed E-state index contributed by atoms with van der Waals surface area (Å²) in [5.41, 5.74) is 7.42. The Morgan fingerprint density at radius 2 is 1.66 bits per heavy atom. The Kier molecular flexibility index (Phi) is 3.31. The van der Waals surface area contributed by atoms with Crippen LogP contribution in [0.3, 0.4) is 0 Å². The van der Waals surface area contributed by atoms with Gasteiger partial charge in [-0.2, -0.15) is 4.57 Å². The third-order valence-electron chi connectivity index (χ3n) is 6.89.